The smallest absolute Gasteiger partial charge is 0.423 e. The number of hydrogen-bond donors (Lipinski definition) is 1. The summed E-state index contributed by atoms with van der Waals surface area (Å²) in [6.07, 6.45) is 4.21. The number of carbonyl (C=O) groups excluding carboxylic acids is 1. The minimum Gasteiger partial charge on any atom is -0.495 e. The minimum absolute atomic E-state index is 0.0678. The van der Waals surface area contributed by atoms with Gasteiger partial charge in [-0.1, -0.05) is 0 Å². The Morgan fingerprint density at radius 3 is 2.27 bits per heavy atom. The zero-order valence-electron chi connectivity index (χ0n) is 21.6. The monoisotopic (exact) mass is 557 g/mol. The Hall–Kier alpha value is -4.74. The van der Waals surface area contributed by atoms with Crippen LogP contribution < -0.4 is 20.1 Å². The van der Waals surface area contributed by atoms with Gasteiger partial charge in [-0.05, 0) is 18.9 Å². The molecule has 0 spiro atoms. The van der Waals surface area contributed by atoms with E-state index in [1.165, 1.54) is 12.4 Å². The van der Waals surface area contributed by atoms with E-state index < -0.39 is 17.3 Å². The normalized spacial score (nSPS) is 15.2. The predicted molar refractivity (Wildman–Crippen MR) is 137 cm³/mol. The molecule has 2 aliphatic heterocycles. The third kappa shape index (κ3) is 6.63. The Morgan fingerprint density at radius 2 is 1.68 bits per heavy atom. The molecule has 0 saturated carbocycles. The molecule has 2 fully saturated rings. The summed E-state index contributed by atoms with van der Waals surface area (Å²) in [4.78, 5) is 41.4. The third-order valence-corrected chi connectivity index (χ3v) is 6.38. The number of carbonyl (C=O) groups is 1. The lowest BCUT2D eigenvalue weighted by Gasteiger charge is -2.34. The van der Waals surface area contributed by atoms with Crippen LogP contribution in [0.25, 0.3) is 0 Å². The molecule has 5 rings (SSSR count). The summed E-state index contributed by atoms with van der Waals surface area (Å²) in [5.41, 5.74) is -1.51. The van der Waals surface area contributed by atoms with Gasteiger partial charge >= 0.3 is 6.18 Å². The summed E-state index contributed by atoms with van der Waals surface area (Å²) >= 11 is 0. The molecule has 0 aromatic carbocycles. The van der Waals surface area contributed by atoms with E-state index in [0.29, 0.717) is 62.1 Å². The number of methoxy groups -OCH3 is 1. The van der Waals surface area contributed by atoms with E-state index >= 15 is 0 Å². The van der Waals surface area contributed by atoms with Gasteiger partial charge in [-0.15, -0.1) is 0 Å². The first-order valence-corrected chi connectivity index (χ1v) is 12.4. The summed E-state index contributed by atoms with van der Waals surface area (Å²) in [6, 6.07) is 3.68. The lowest BCUT2D eigenvalue weighted by Crippen LogP contribution is -2.49. The van der Waals surface area contributed by atoms with E-state index in [4.69, 9.17) is 10.00 Å². The summed E-state index contributed by atoms with van der Waals surface area (Å²) < 4.78 is 43.2. The Labute approximate surface area is 227 Å². The zero-order chi connectivity index (χ0) is 28.7. The topological polar surface area (TPSA) is 144 Å². The van der Waals surface area contributed by atoms with Gasteiger partial charge in [-0.25, -0.2) is 15.1 Å². The second kappa shape index (κ2) is 12.4. The maximum absolute atomic E-state index is 12.7. The van der Waals surface area contributed by atoms with E-state index in [1.807, 2.05) is 16.1 Å². The molecule has 0 atom stereocenters. The Morgan fingerprint density at radius 1 is 1.00 bits per heavy atom. The number of hydrogen-bond acceptors (Lipinski definition) is 10. The van der Waals surface area contributed by atoms with Gasteiger partial charge in [0, 0.05) is 45.5 Å². The van der Waals surface area contributed by atoms with E-state index in [1.54, 1.807) is 35.4 Å². The number of nitrogens with one attached hydrogen (secondary N) is 1. The van der Waals surface area contributed by atoms with Crippen molar-refractivity contribution in [3.63, 3.8) is 0 Å². The average Bonchev–Trinajstić information content (AvgIpc) is 3.52. The fraction of sp³-hybridized carbons (Fsp3) is 0.400. The van der Waals surface area contributed by atoms with Crippen molar-refractivity contribution in [3.05, 3.63) is 64.1 Å². The van der Waals surface area contributed by atoms with Crippen LogP contribution in [-0.4, -0.2) is 82.3 Å². The standard InChI is InChI=1S/C16H16N6O2.C9H10F3N3O/c1-24-14-6-13(10-18-11-14)15(23)21-2-4-22(5-3-21)16-19-8-12(7-17)9-20-16;10-9(11,12)7-6(5-13-14-8(7)16)15-3-1-2-4-15/h6,8-11H,2-5H2,1H3;5H,1-4H2,(H,14,16). The number of halogens is 3. The molecular formula is C25H26F3N9O3. The molecule has 0 radical (unpaired) electrons. The molecule has 0 aliphatic carbocycles. The van der Waals surface area contributed by atoms with Crippen molar-refractivity contribution in [2.75, 3.05) is 56.2 Å². The number of rotatable bonds is 4. The van der Waals surface area contributed by atoms with Crippen LogP contribution in [0.3, 0.4) is 0 Å². The molecule has 210 valence electrons. The van der Waals surface area contributed by atoms with Crippen LogP contribution in [0.1, 0.15) is 34.3 Å². The Balaban J connectivity index is 0.000000201. The van der Waals surface area contributed by atoms with Crippen molar-refractivity contribution >= 4 is 17.5 Å². The summed E-state index contributed by atoms with van der Waals surface area (Å²) in [7, 11) is 1.54. The fourth-order valence-electron chi connectivity index (χ4n) is 4.34. The zero-order valence-corrected chi connectivity index (χ0v) is 21.6. The molecule has 12 nitrogen and oxygen atoms in total. The van der Waals surface area contributed by atoms with Crippen molar-refractivity contribution in [2.24, 2.45) is 0 Å². The maximum atomic E-state index is 12.7. The summed E-state index contributed by atoms with van der Waals surface area (Å²) in [5, 5.41) is 14.0. The second-order valence-electron chi connectivity index (χ2n) is 8.93. The maximum Gasteiger partial charge on any atom is 0.423 e. The largest absolute Gasteiger partial charge is 0.495 e. The quantitative estimate of drug-likeness (QED) is 0.506. The van der Waals surface area contributed by atoms with Crippen molar-refractivity contribution in [1.82, 2.24) is 30.0 Å². The van der Waals surface area contributed by atoms with Crippen LogP contribution in [0.4, 0.5) is 24.8 Å². The van der Waals surface area contributed by atoms with Crippen LogP contribution in [0.5, 0.6) is 5.75 Å². The average molecular weight is 558 g/mol. The first kappa shape index (κ1) is 28.3. The van der Waals surface area contributed by atoms with Gasteiger partial charge in [-0.2, -0.15) is 23.5 Å². The van der Waals surface area contributed by atoms with Crippen molar-refractivity contribution in [1.29, 1.82) is 5.26 Å². The van der Waals surface area contributed by atoms with E-state index in [-0.39, 0.29) is 11.6 Å². The molecule has 0 bridgehead atoms. The van der Waals surface area contributed by atoms with Crippen LogP contribution in [-0.2, 0) is 6.18 Å². The molecule has 2 saturated heterocycles. The molecule has 2 aliphatic rings. The Kier molecular flexibility index (Phi) is 8.77. The minimum atomic E-state index is -4.64. The highest BCUT2D eigenvalue weighted by Gasteiger charge is 2.39. The van der Waals surface area contributed by atoms with Gasteiger partial charge in [0.1, 0.15) is 17.4 Å². The number of nitriles is 1. The van der Waals surface area contributed by atoms with E-state index in [9.17, 15) is 22.8 Å². The number of aromatic nitrogens is 5. The predicted octanol–water partition coefficient (Wildman–Crippen LogP) is 2.10. The number of nitrogens with zero attached hydrogens (tertiary/aromatic N) is 8. The SMILES string of the molecule is COc1cncc(C(=O)N2CCN(c3ncc(C#N)cn3)CC2)c1.O=c1[nH]ncc(N2CCCC2)c1C(F)(F)F. The van der Waals surface area contributed by atoms with Gasteiger partial charge in [0.2, 0.25) is 5.95 Å². The first-order valence-electron chi connectivity index (χ1n) is 12.4. The van der Waals surface area contributed by atoms with Crippen molar-refractivity contribution in [2.45, 2.75) is 19.0 Å². The number of amides is 1. The molecule has 1 amide bonds. The number of H-pyrrole nitrogens is 1. The lowest BCUT2D eigenvalue weighted by molar-refractivity contribution is -0.138. The van der Waals surface area contributed by atoms with Crippen LogP contribution in [0.15, 0.2) is 41.8 Å². The molecule has 40 heavy (non-hydrogen) atoms. The highest BCUT2D eigenvalue weighted by atomic mass is 19.4. The molecule has 3 aromatic rings. The number of piperazine rings is 1. The van der Waals surface area contributed by atoms with Crippen LogP contribution in [0.2, 0.25) is 0 Å². The molecule has 0 unspecified atom stereocenters. The van der Waals surface area contributed by atoms with Gasteiger partial charge < -0.3 is 19.4 Å². The van der Waals surface area contributed by atoms with Crippen LogP contribution >= 0.6 is 0 Å². The molecule has 3 aromatic heterocycles. The molecule has 5 heterocycles. The van der Waals surface area contributed by atoms with Crippen molar-refractivity contribution in [3.8, 4) is 11.8 Å². The van der Waals surface area contributed by atoms with E-state index in [0.717, 1.165) is 19.0 Å². The fourth-order valence-corrected chi connectivity index (χ4v) is 4.34. The van der Waals surface area contributed by atoms with Crippen LogP contribution in [0, 0.1) is 11.3 Å². The third-order valence-electron chi connectivity index (χ3n) is 6.38. The summed E-state index contributed by atoms with van der Waals surface area (Å²) in [6.45, 7) is 3.48. The molecular weight excluding hydrogens is 531 g/mol. The molecule has 1 N–H and O–H groups in total. The highest BCUT2D eigenvalue weighted by Crippen LogP contribution is 2.34. The highest BCUT2D eigenvalue weighted by molar-refractivity contribution is 5.94. The van der Waals surface area contributed by atoms with Gasteiger partial charge in [-0.3, -0.25) is 14.6 Å². The number of aromatic amines is 1. The number of ether oxygens (including phenoxy) is 1. The van der Waals surface area contributed by atoms with Crippen molar-refractivity contribution < 1.29 is 22.7 Å². The van der Waals surface area contributed by atoms with Gasteiger partial charge in [0.05, 0.1) is 48.7 Å². The summed E-state index contributed by atoms with van der Waals surface area (Å²) in [5.74, 6) is 1.07. The number of pyridine rings is 1. The van der Waals surface area contributed by atoms with Gasteiger partial charge in [0.15, 0.2) is 0 Å². The molecule has 15 heteroatoms. The Bertz CT molecular complexity index is 1410. The number of alkyl halides is 3. The lowest BCUT2D eigenvalue weighted by atomic mass is 10.2. The second-order valence-corrected chi connectivity index (χ2v) is 8.93. The van der Waals surface area contributed by atoms with Gasteiger partial charge in [0.25, 0.3) is 11.5 Å². The van der Waals surface area contributed by atoms with E-state index in [2.05, 4.69) is 20.1 Å². The number of anilines is 2. The first-order chi connectivity index (χ1) is 19.2.